The van der Waals surface area contributed by atoms with Gasteiger partial charge in [-0.3, -0.25) is 0 Å². The number of carboxylic acid groups (broad SMARTS) is 1. The highest BCUT2D eigenvalue weighted by Gasteiger charge is 2.16. The first-order chi connectivity index (χ1) is 8.95. The van der Waals surface area contributed by atoms with Crippen molar-refractivity contribution in [3.8, 4) is 11.3 Å². The van der Waals surface area contributed by atoms with Gasteiger partial charge in [0.15, 0.2) is 0 Å². The molecule has 0 bridgehead atoms. The Hall–Kier alpha value is -1.62. The zero-order valence-electron chi connectivity index (χ0n) is 10.6. The maximum absolute atomic E-state index is 13.7. The van der Waals surface area contributed by atoms with Gasteiger partial charge in [0.2, 0.25) is 0 Å². The molecule has 0 saturated carbocycles. The van der Waals surface area contributed by atoms with Crippen molar-refractivity contribution in [2.45, 2.75) is 20.4 Å². The van der Waals surface area contributed by atoms with Crippen LogP contribution in [0.2, 0.25) is 0 Å². The van der Waals surface area contributed by atoms with E-state index >= 15 is 0 Å². The minimum Gasteiger partial charge on any atom is -0.477 e. The van der Waals surface area contributed by atoms with Crippen molar-refractivity contribution in [1.29, 1.82) is 0 Å². The second kappa shape index (κ2) is 5.17. The number of benzene rings is 1. The van der Waals surface area contributed by atoms with Gasteiger partial charge in [-0.25, -0.2) is 9.18 Å². The molecule has 0 spiro atoms. The van der Waals surface area contributed by atoms with Crippen LogP contribution in [0.25, 0.3) is 11.3 Å². The van der Waals surface area contributed by atoms with Crippen LogP contribution in [-0.4, -0.2) is 15.6 Å². The predicted molar refractivity (Wildman–Crippen MR) is 74.9 cm³/mol. The Morgan fingerprint density at radius 2 is 2.11 bits per heavy atom. The van der Waals surface area contributed by atoms with E-state index in [1.54, 1.807) is 22.8 Å². The van der Waals surface area contributed by atoms with Crippen LogP contribution in [0.15, 0.2) is 28.7 Å². The minimum atomic E-state index is -0.983. The van der Waals surface area contributed by atoms with Crippen molar-refractivity contribution in [3.05, 3.63) is 45.8 Å². The van der Waals surface area contributed by atoms with Gasteiger partial charge < -0.3 is 9.67 Å². The van der Waals surface area contributed by atoms with Crippen molar-refractivity contribution in [2.24, 2.45) is 0 Å². The Bertz CT molecular complexity index is 649. The monoisotopic (exact) mass is 325 g/mol. The molecule has 100 valence electrons. The smallest absolute Gasteiger partial charge is 0.352 e. The predicted octanol–water partition coefficient (Wildman–Crippen LogP) is 4.08. The fraction of sp³-hybridized carbons (Fsp3) is 0.214. The standard InChI is InChI=1S/C14H13BrFNO2/c1-3-17-12(4-5-13(17)14(18)19)9-7-11(16)10(15)6-8(9)2/h4-7H,3H2,1-2H3,(H,18,19). The highest BCUT2D eigenvalue weighted by Crippen LogP contribution is 2.30. The lowest BCUT2D eigenvalue weighted by atomic mass is 10.1. The van der Waals surface area contributed by atoms with E-state index in [9.17, 15) is 9.18 Å². The Labute approximate surface area is 118 Å². The molecular weight excluding hydrogens is 313 g/mol. The molecule has 0 aliphatic rings. The fourth-order valence-electron chi connectivity index (χ4n) is 2.15. The summed E-state index contributed by atoms with van der Waals surface area (Å²) in [6.07, 6.45) is 0. The third-order valence-corrected chi connectivity index (χ3v) is 3.67. The molecule has 0 aliphatic heterocycles. The summed E-state index contributed by atoms with van der Waals surface area (Å²) >= 11 is 3.14. The molecule has 0 radical (unpaired) electrons. The summed E-state index contributed by atoms with van der Waals surface area (Å²) in [7, 11) is 0. The molecule has 1 aromatic carbocycles. The van der Waals surface area contributed by atoms with Crippen LogP contribution in [0.5, 0.6) is 0 Å². The number of hydrogen-bond acceptors (Lipinski definition) is 1. The van der Waals surface area contributed by atoms with Gasteiger partial charge in [-0.05, 0) is 59.6 Å². The summed E-state index contributed by atoms with van der Waals surface area (Å²) in [5.74, 6) is -1.34. The average molecular weight is 326 g/mol. The van der Waals surface area contributed by atoms with E-state index in [2.05, 4.69) is 15.9 Å². The third kappa shape index (κ3) is 2.42. The van der Waals surface area contributed by atoms with Gasteiger partial charge in [0, 0.05) is 17.8 Å². The van der Waals surface area contributed by atoms with E-state index in [1.807, 2.05) is 13.8 Å². The quantitative estimate of drug-likeness (QED) is 0.923. The van der Waals surface area contributed by atoms with E-state index in [0.717, 1.165) is 5.56 Å². The van der Waals surface area contributed by atoms with E-state index < -0.39 is 5.97 Å². The van der Waals surface area contributed by atoms with Crippen molar-refractivity contribution in [1.82, 2.24) is 4.57 Å². The van der Waals surface area contributed by atoms with Crippen molar-refractivity contribution >= 4 is 21.9 Å². The number of nitrogens with zero attached hydrogens (tertiary/aromatic N) is 1. The van der Waals surface area contributed by atoms with Gasteiger partial charge >= 0.3 is 5.97 Å². The number of carboxylic acids is 1. The number of carbonyl (C=O) groups is 1. The zero-order chi connectivity index (χ0) is 14.2. The molecule has 19 heavy (non-hydrogen) atoms. The SMILES string of the molecule is CCn1c(C(=O)O)ccc1-c1cc(F)c(Br)cc1C. The Morgan fingerprint density at radius 3 is 2.68 bits per heavy atom. The topological polar surface area (TPSA) is 42.2 Å². The minimum absolute atomic E-state index is 0.209. The average Bonchev–Trinajstić information content (AvgIpc) is 2.77. The summed E-state index contributed by atoms with van der Waals surface area (Å²) in [4.78, 5) is 11.1. The molecule has 1 N–H and O–H groups in total. The number of rotatable bonds is 3. The molecule has 0 aliphatic carbocycles. The first-order valence-electron chi connectivity index (χ1n) is 5.84. The first kappa shape index (κ1) is 13.8. The van der Waals surface area contributed by atoms with Crippen LogP contribution in [0, 0.1) is 12.7 Å². The molecule has 5 heteroatoms. The number of aromatic nitrogens is 1. The summed E-state index contributed by atoms with van der Waals surface area (Å²) in [6.45, 7) is 4.24. The second-order valence-corrected chi connectivity index (χ2v) is 5.09. The lowest BCUT2D eigenvalue weighted by Crippen LogP contribution is -2.08. The molecule has 0 fully saturated rings. The van der Waals surface area contributed by atoms with Gasteiger partial charge in [0.25, 0.3) is 0 Å². The van der Waals surface area contributed by atoms with Crippen LogP contribution in [-0.2, 0) is 6.54 Å². The third-order valence-electron chi connectivity index (χ3n) is 3.06. The highest BCUT2D eigenvalue weighted by molar-refractivity contribution is 9.10. The first-order valence-corrected chi connectivity index (χ1v) is 6.63. The summed E-state index contributed by atoms with van der Waals surface area (Å²) < 4.78 is 15.7. The fourth-order valence-corrected chi connectivity index (χ4v) is 2.61. The van der Waals surface area contributed by atoms with Gasteiger partial charge in [0.1, 0.15) is 11.5 Å². The van der Waals surface area contributed by atoms with Crippen molar-refractivity contribution in [3.63, 3.8) is 0 Å². The molecular formula is C14H13BrFNO2. The normalized spacial score (nSPS) is 10.7. The van der Waals surface area contributed by atoms with Crippen LogP contribution < -0.4 is 0 Å². The van der Waals surface area contributed by atoms with E-state index in [4.69, 9.17) is 5.11 Å². The number of hydrogen-bond donors (Lipinski definition) is 1. The van der Waals surface area contributed by atoms with Crippen LogP contribution in [0.3, 0.4) is 0 Å². The van der Waals surface area contributed by atoms with Crippen LogP contribution in [0.4, 0.5) is 4.39 Å². The summed E-state index contributed by atoms with van der Waals surface area (Å²) in [5, 5.41) is 9.12. The Balaban J connectivity index is 2.66. The molecule has 0 amide bonds. The van der Waals surface area contributed by atoms with Crippen LogP contribution in [0.1, 0.15) is 23.0 Å². The lowest BCUT2D eigenvalue weighted by Gasteiger charge is -2.12. The number of halogens is 2. The Kier molecular flexibility index (Phi) is 3.75. The molecule has 2 rings (SSSR count). The maximum atomic E-state index is 13.7. The van der Waals surface area contributed by atoms with Crippen molar-refractivity contribution in [2.75, 3.05) is 0 Å². The second-order valence-electron chi connectivity index (χ2n) is 4.23. The van der Waals surface area contributed by atoms with Gasteiger partial charge in [0.05, 0.1) is 4.47 Å². The van der Waals surface area contributed by atoms with Gasteiger partial charge in [-0.2, -0.15) is 0 Å². The van der Waals surface area contributed by atoms with Gasteiger partial charge in [-0.1, -0.05) is 0 Å². The summed E-state index contributed by atoms with van der Waals surface area (Å²) in [5.41, 5.74) is 2.51. The maximum Gasteiger partial charge on any atom is 0.352 e. The molecule has 2 aromatic rings. The molecule has 1 heterocycles. The number of aryl methyl sites for hydroxylation is 1. The molecule has 3 nitrogen and oxygen atoms in total. The molecule has 1 aromatic heterocycles. The number of aromatic carboxylic acids is 1. The summed E-state index contributed by atoms with van der Waals surface area (Å²) in [6, 6.07) is 6.37. The van der Waals surface area contributed by atoms with E-state index in [1.165, 1.54) is 6.07 Å². The van der Waals surface area contributed by atoms with Crippen molar-refractivity contribution < 1.29 is 14.3 Å². The van der Waals surface area contributed by atoms with Crippen LogP contribution >= 0.6 is 15.9 Å². The molecule has 0 unspecified atom stereocenters. The van der Waals surface area contributed by atoms with E-state index in [-0.39, 0.29) is 11.5 Å². The molecule has 0 atom stereocenters. The lowest BCUT2D eigenvalue weighted by molar-refractivity contribution is 0.0685. The van der Waals surface area contributed by atoms with Gasteiger partial charge in [-0.15, -0.1) is 0 Å². The highest BCUT2D eigenvalue weighted by atomic mass is 79.9. The largest absolute Gasteiger partial charge is 0.477 e. The zero-order valence-corrected chi connectivity index (χ0v) is 12.2. The van der Waals surface area contributed by atoms with E-state index in [0.29, 0.717) is 22.3 Å². The molecule has 0 saturated heterocycles. The Morgan fingerprint density at radius 1 is 1.42 bits per heavy atom.